The van der Waals surface area contributed by atoms with Crippen LogP contribution in [0.15, 0.2) is 108 Å². The smallest absolute Gasteiger partial charge is 0.185 e. The third-order valence-corrected chi connectivity index (χ3v) is 16.5. The predicted octanol–water partition coefficient (Wildman–Crippen LogP) is 12.6. The molecule has 2 aliphatic carbocycles. The summed E-state index contributed by atoms with van der Waals surface area (Å²) >= 11 is 8.82. The number of aromatic nitrogens is 2. The van der Waals surface area contributed by atoms with Crippen LogP contribution < -0.4 is 15.1 Å². The number of piperazine rings is 2. The fraction of sp³-hybridized carbons (Fsp3) is 0.429. The van der Waals surface area contributed by atoms with Crippen LogP contribution in [0.2, 0.25) is 0 Å². The number of hydrogen-bond donors (Lipinski definition) is 1. The lowest BCUT2D eigenvalue weighted by atomic mass is 9.76. The standard InChI is InChI=1S/C28H31F2N3OS.C18H22FN3S.C10H10ClFO/c29-22-11-9-21(10-12-22)25(34)8-5-15-32-16-18-33(19-17-32)27-31-26(20-35-27)28(13-3-4-14-28)23-6-1-2-7-24(23)30;19-15-6-2-1-5-14(15)18(7-3-4-8-18)16-13-23-17(21-16)22-11-9-20-10-12-22;11-7-1-2-10(13)8-3-5-9(12)6-4-8/h1-2,6-7,9-12,20H,3-5,8,13-19H2;1-2,5-6,13,20H,3-4,7-12H2;3-6H,1-2,7H2. The Hall–Kier alpha value is -4.99. The molecule has 2 aliphatic heterocycles. The van der Waals surface area contributed by atoms with Crippen LogP contribution in [-0.4, -0.2) is 91.2 Å². The van der Waals surface area contributed by atoms with E-state index in [1.807, 2.05) is 24.3 Å². The lowest BCUT2D eigenvalue weighted by Crippen LogP contribution is -2.46. The molecule has 4 aromatic carbocycles. The number of alkyl halides is 1. The first-order chi connectivity index (χ1) is 34.6. The van der Waals surface area contributed by atoms with Gasteiger partial charge in [0.25, 0.3) is 0 Å². The molecule has 0 unspecified atom stereocenters. The Labute approximate surface area is 428 Å². The maximum absolute atomic E-state index is 14.8. The van der Waals surface area contributed by atoms with Gasteiger partial charge >= 0.3 is 0 Å². The Bertz CT molecular complexity index is 2640. The molecule has 376 valence electrons. The van der Waals surface area contributed by atoms with Crippen LogP contribution in [-0.2, 0) is 10.8 Å². The fourth-order valence-corrected chi connectivity index (χ4v) is 12.6. The Kier molecular flexibility index (Phi) is 18.5. The summed E-state index contributed by atoms with van der Waals surface area (Å²) in [5.74, 6) is -0.310. The minimum absolute atomic E-state index is 0.0145. The highest BCUT2D eigenvalue weighted by molar-refractivity contribution is 7.14. The number of hydrogen-bond acceptors (Lipinski definition) is 10. The minimum atomic E-state index is -0.325. The number of anilines is 2. The van der Waals surface area contributed by atoms with Gasteiger partial charge in [0.15, 0.2) is 21.8 Å². The van der Waals surface area contributed by atoms with Crippen molar-refractivity contribution < 1.29 is 27.2 Å². The van der Waals surface area contributed by atoms with Gasteiger partial charge in [0.2, 0.25) is 0 Å². The topological polar surface area (TPSA) is 81.7 Å². The molecule has 4 heterocycles. The van der Waals surface area contributed by atoms with Gasteiger partial charge in [0, 0.05) is 104 Å². The second-order valence-corrected chi connectivity index (χ2v) is 20.9. The zero-order valence-electron chi connectivity index (χ0n) is 40.2. The Morgan fingerprint density at radius 2 is 0.986 bits per heavy atom. The maximum atomic E-state index is 14.8. The molecule has 2 aromatic heterocycles. The molecular formula is C56H63ClF4N6O2S2. The second-order valence-electron chi connectivity index (χ2n) is 18.9. The van der Waals surface area contributed by atoms with Crippen LogP contribution in [0.3, 0.4) is 0 Å². The highest BCUT2D eigenvalue weighted by Crippen LogP contribution is 2.49. The van der Waals surface area contributed by atoms with E-state index in [1.54, 1.807) is 59.1 Å². The van der Waals surface area contributed by atoms with Gasteiger partial charge in [-0.3, -0.25) is 14.5 Å². The molecule has 0 amide bonds. The average Bonchev–Trinajstić information content (AvgIpc) is 4.26. The normalized spacial score (nSPS) is 17.5. The van der Waals surface area contributed by atoms with Gasteiger partial charge in [0.1, 0.15) is 23.3 Å². The summed E-state index contributed by atoms with van der Waals surface area (Å²) in [5.41, 5.74) is 4.29. The number of thiazole rings is 2. The SMILES string of the molecule is Fc1ccccc1C1(c2csc(N3CCNCC3)n2)CCCC1.O=C(CCCCl)c1ccc(F)cc1.O=C(CCCN1CCN(c2nc(C3(c4ccccc4F)CCCC3)cs2)CC1)c1ccc(F)cc1. The lowest BCUT2D eigenvalue weighted by Gasteiger charge is -2.34. The number of Topliss-reactive ketones (excluding diaryl/α,β-unsaturated/α-hetero) is 2. The van der Waals surface area contributed by atoms with E-state index in [4.69, 9.17) is 21.6 Å². The van der Waals surface area contributed by atoms with Crippen molar-refractivity contribution in [1.82, 2.24) is 20.2 Å². The van der Waals surface area contributed by atoms with Crippen molar-refractivity contribution in [3.05, 3.63) is 165 Å². The van der Waals surface area contributed by atoms with Gasteiger partial charge in [-0.15, -0.1) is 34.3 Å². The largest absolute Gasteiger partial charge is 0.346 e. The van der Waals surface area contributed by atoms with E-state index in [-0.39, 0.29) is 45.7 Å². The fourth-order valence-electron chi connectivity index (χ4n) is 10.5. The van der Waals surface area contributed by atoms with E-state index >= 15 is 0 Å². The van der Waals surface area contributed by atoms with Crippen LogP contribution in [0.5, 0.6) is 0 Å². The summed E-state index contributed by atoms with van der Waals surface area (Å²) < 4.78 is 54.8. The molecule has 6 aromatic rings. The van der Waals surface area contributed by atoms with E-state index in [9.17, 15) is 27.2 Å². The van der Waals surface area contributed by atoms with Crippen molar-refractivity contribution in [3.63, 3.8) is 0 Å². The number of carbonyl (C=O) groups excluding carboxylic acids is 2. The van der Waals surface area contributed by atoms with Gasteiger partial charge in [-0.1, -0.05) is 62.1 Å². The Morgan fingerprint density at radius 1 is 0.563 bits per heavy atom. The van der Waals surface area contributed by atoms with Crippen molar-refractivity contribution >= 4 is 56.1 Å². The summed E-state index contributed by atoms with van der Waals surface area (Å²) in [7, 11) is 0. The number of nitrogens with zero attached hydrogens (tertiary/aromatic N) is 5. The van der Waals surface area contributed by atoms with Gasteiger partial charge in [-0.05, 0) is 117 Å². The van der Waals surface area contributed by atoms with E-state index in [0.717, 1.165) is 149 Å². The molecule has 4 aliphatic rings. The van der Waals surface area contributed by atoms with Crippen molar-refractivity contribution in [3.8, 4) is 0 Å². The molecule has 10 rings (SSSR count). The summed E-state index contributed by atoms with van der Waals surface area (Å²) in [4.78, 5) is 40.7. The van der Waals surface area contributed by atoms with Gasteiger partial charge in [-0.25, -0.2) is 27.5 Å². The number of carbonyl (C=O) groups is 2. The van der Waals surface area contributed by atoms with Crippen LogP contribution >= 0.6 is 34.3 Å². The van der Waals surface area contributed by atoms with Gasteiger partial charge in [0.05, 0.1) is 11.4 Å². The second kappa shape index (κ2) is 25.1. The van der Waals surface area contributed by atoms with E-state index < -0.39 is 0 Å². The average molecular weight is 1030 g/mol. The lowest BCUT2D eigenvalue weighted by molar-refractivity contribution is 0.0969. The first-order valence-electron chi connectivity index (χ1n) is 25.1. The van der Waals surface area contributed by atoms with E-state index in [0.29, 0.717) is 36.3 Å². The predicted molar refractivity (Wildman–Crippen MR) is 280 cm³/mol. The van der Waals surface area contributed by atoms with Crippen molar-refractivity contribution in [2.45, 2.75) is 87.9 Å². The first-order valence-corrected chi connectivity index (χ1v) is 27.4. The number of ketones is 2. The van der Waals surface area contributed by atoms with Crippen LogP contribution in [0.25, 0.3) is 0 Å². The van der Waals surface area contributed by atoms with Crippen LogP contribution in [0.1, 0.15) is 120 Å². The van der Waals surface area contributed by atoms with Crippen molar-refractivity contribution in [2.75, 3.05) is 74.6 Å². The molecule has 2 saturated heterocycles. The molecule has 4 fully saturated rings. The molecule has 15 heteroatoms. The molecule has 2 saturated carbocycles. The van der Waals surface area contributed by atoms with E-state index in [2.05, 4.69) is 30.8 Å². The number of nitrogens with one attached hydrogen (secondary N) is 1. The molecule has 0 radical (unpaired) electrons. The molecule has 0 bridgehead atoms. The number of rotatable bonds is 15. The molecule has 71 heavy (non-hydrogen) atoms. The number of benzene rings is 4. The third-order valence-electron chi connectivity index (χ3n) is 14.4. The highest BCUT2D eigenvalue weighted by atomic mass is 35.5. The zero-order chi connectivity index (χ0) is 49.6. The molecule has 8 nitrogen and oxygen atoms in total. The van der Waals surface area contributed by atoms with Crippen molar-refractivity contribution in [1.29, 1.82) is 0 Å². The molecule has 1 N–H and O–H groups in total. The third kappa shape index (κ3) is 13.0. The van der Waals surface area contributed by atoms with Crippen molar-refractivity contribution in [2.24, 2.45) is 0 Å². The monoisotopic (exact) mass is 1030 g/mol. The molecular weight excluding hydrogens is 964 g/mol. The summed E-state index contributed by atoms with van der Waals surface area (Å²) in [5, 5.41) is 9.78. The quantitative estimate of drug-likeness (QED) is 0.0619. The zero-order valence-corrected chi connectivity index (χ0v) is 42.6. The first kappa shape index (κ1) is 52.3. The Balaban J connectivity index is 0.000000160. The van der Waals surface area contributed by atoms with E-state index in [1.165, 1.54) is 36.4 Å². The Morgan fingerprint density at radius 3 is 1.42 bits per heavy atom. The highest BCUT2D eigenvalue weighted by Gasteiger charge is 2.43. The number of halogens is 5. The van der Waals surface area contributed by atoms with Crippen LogP contribution in [0, 0.1) is 23.3 Å². The van der Waals surface area contributed by atoms with Crippen LogP contribution in [0.4, 0.5) is 27.8 Å². The summed E-state index contributed by atoms with van der Waals surface area (Å²) in [6.07, 6.45) is 10.7. The van der Waals surface area contributed by atoms with Gasteiger partial charge < -0.3 is 15.1 Å². The summed E-state index contributed by atoms with van der Waals surface area (Å²) in [6, 6.07) is 25.8. The molecule has 0 spiro atoms. The summed E-state index contributed by atoms with van der Waals surface area (Å²) in [6.45, 7) is 8.54. The minimum Gasteiger partial charge on any atom is -0.346 e. The maximum Gasteiger partial charge on any atom is 0.185 e. The molecule has 0 atom stereocenters. The van der Waals surface area contributed by atoms with Gasteiger partial charge in [-0.2, -0.15) is 0 Å².